The Bertz CT molecular complexity index is 702. The summed E-state index contributed by atoms with van der Waals surface area (Å²) in [6.45, 7) is 2.29. The zero-order valence-corrected chi connectivity index (χ0v) is 16.0. The van der Waals surface area contributed by atoms with Crippen molar-refractivity contribution < 1.29 is 14.7 Å². The third kappa shape index (κ3) is 2.93. The highest BCUT2D eigenvalue weighted by Gasteiger charge is 2.59. The number of nitrogens with zero attached hydrogens (tertiary/aromatic N) is 2. The lowest BCUT2D eigenvalue weighted by Gasteiger charge is -2.28. The Hall–Kier alpha value is -1.53. The van der Waals surface area contributed by atoms with Crippen molar-refractivity contribution in [3.8, 4) is 0 Å². The summed E-state index contributed by atoms with van der Waals surface area (Å²) in [5.74, 6) is -0.744. The van der Waals surface area contributed by atoms with Crippen molar-refractivity contribution in [3.05, 3.63) is 29.8 Å². The van der Waals surface area contributed by atoms with Gasteiger partial charge in [-0.2, -0.15) is 0 Å². The number of likely N-dealkylation sites (tertiary alicyclic amines) is 2. The molecule has 0 bridgehead atoms. The van der Waals surface area contributed by atoms with Crippen LogP contribution in [0.2, 0.25) is 0 Å². The summed E-state index contributed by atoms with van der Waals surface area (Å²) in [4.78, 5) is 30.4. The largest absolute Gasteiger partial charge is 0.481 e. The van der Waals surface area contributed by atoms with E-state index in [1.54, 1.807) is 16.7 Å². The number of benzene rings is 1. The van der Waals surface area contributed by atoms with Crippen LogP contribution in [0.1, 0.15) is 36.0 Å². The Morgan fingerprint density at radius 2 is 1.81 bits per heavy atom. The molecule has 0 spiro atoms. The average Bonchev–Trinajstić information content (AvgIpc) is 3.35. The van der Waals surface area contributed by atoms with Crippen molar-refractivity contribution in [1.29, 1.82) is 0 Å². The standard InChI is InChI=1S/C20H26N2O3S/c1-26-17-8-6-14(7-9-17)18(23)22-11-15-10-21(16-4-2-3-5-16)12-20(15,13-22)19(24)25/h6-9,15-16H,2-5,10-13H2,1H3,(H,24,25). The van der Waals surface area contributed by atoms with Gasteiger partial charge in [-0.15, -0.1) is 11.8 Å². The second-order valence-electron chi connectivity index (χ2n) is 7.94. The maximum atomic E-state index is 12.9. The SMILES string of the molecule is CSc1ccc(C(=O)N2CC3CN(C4CCCC4)CC3(C(=O)O)C2)cc1. The van der Waals surface area contributed by atoms with E-state index in [0.717, 1.165) is 11.4 Å². The molecule has 2 atom stereocenters. The number of carbonyl (C=O) groups is 2. The number of aliphatic carboxylic acids is 1. The molecular weight excluding hydrogens is 348 g/mol. The number of hydrogen-bond donors (Lipinski definition) is 1. The predicted molar refractivity (Wildman–Crippen MR) is 102 cm³/mol. The van der Waals surface area contributed by atoms with E-state index < -0.39 is 11.4 Å². The molecule has 1 amide bonds. The summed E-state index contributed by atoms with van der Waals surface area (Å²) in [7, 11) is 0. The first-order chi connectivity index (χ1) is 12.5. The summed E-state index contributed by atoms with van der Waals surface area (Å²) in [5.41, 5.74) is -0.145. The molecule has 140 valence electrons. The predicted octanol–water partition coefficient (Wildman–Crippen LogP) is 2.81. The summed E-state index contributed by atoms with van der Waals surface area (Å²) in [5, 5.41) is 10.0. The van der Waals surface area contributed by atoms with Gasteiger partial charge in [0.2, 0.25) is 0 Å². The summed E-state index contributed by atoms with van der Waals surface area (Å²) in [6.07, 6.45) is 6.88. The highest BCUT2D eigenvalue weighted by atomic mass is 32.2. The number of carbonyl (C=O) groups excluding carboxylic acids is 1. The molecule has 3 aliphatic rings. The Labute approximate surface area is 158 Å². The van der Waals surface area contributed by atoms with E-state index in [0.29, 0.717) is 31.2 Å². The molecule has 3 fully saturated rings. The smallest absolute Gasteiger partial charge is 0.313 e. The van der Waals surface area contributed by atoms with E-state index in [-0.39, 0.29) is 11.8 Å². The van der Waals surface area contributed by atoms with Crippen LogP contribution in [0.4, 0.5) is 0 Å². The minimum Gasteiger partial charge on any atom is -0.481 e. The van der Waals surface area contributed by atoms with Crippen LogP contribution in [0, 0.1) is 11.3 Å². The van der Waals surface area contributed by atoms with Crippen molar-refractivity contribution in [3.63, 3.8) is 0 Å². The van der Waals surface area contributed by atoms with Crippen LogP contribution >= 0.6 is 11.8 Å². The molecule has 6 heteroatoms. The second-order valence-corrected chi connectivity index (χ2v) is 8.82. The Kier molecular flexibility index (Phi) is 4.73. The molecule has 1 saturated carbocycles. The van der Waals surface area contributed by atoms with Gasteiger partial charge in [0.15, 0.2) is 0 Å². The van der Waals surface area contributed by atoms with Gasteiger partial charge in [-0.1, -0.05) is 12.8 Å². The molecule has 2 heterocycles. The molecule has 1 aromatic carbocycles. The number of rotatable bonds is 4. The van der Waals surface area contributed by atoms with Crippen molar-refractivity contribution in [2.24, 2.45) is 11.3 Å². The fraction of sp³-hybridized carbons (Fsp3) is 0.600. The van der Waals surface area contributed by atoms with E-state index in [1.807, 2.05) is 30.5 Å². The molecule has 1 N–H and O–H groups in total. The summed E-state index contributed by atoms with van der Waals surface area (Å²) < 4.78 is 0. The van der Waals surface area contributed by atoms with Gasteiger partial charge >= 0.3 is 5.97 Å². The van der Waals surface area contributed by atoms with Crippen molar-refractivity contribution >= 4 is 23.6 Å². The van der Waals surface area contributed by atoms with Gasteiger partial charge in [0, 0.05) is 48.6 Å². The van der Waals surface area contributed by atoms with E-state index in [1.165, 1.54) is 25.7 Å². The van der Waals surface area contributed by atoms with Crippen molar-refractivity contribution in [1.82, 2.24) is 9.80 Å². The Morgan fingerprint density at radius 3 is 2.38 bits per heavy atom. The number of carboxylic acids is 1. The van der Waals surface area contributed by atoms with Gasteiger partial charge in [0.25, 0.3) is 5.91 Å². The Morgan fingerprint density at radius 1 is 1.12 bits per heavy atom. The zero-order chi connectivity index (χ0) is 18.3. The third-order valence-electron chi connectivity index (χ3n) is 6.53. The molecule has 1 aliphatic carbocycles. The molecule has 1 aromatic rings. The first kappa shape index (κ1) is 17.9. The minimum atomic E-state index is -0.794. The quantitative estimate of drug-likeness (QED) is 0.821. The van der Waals surface area contributed by atoms with E-state index in [2.05, 4.69) is 4.90 Å². The maximum absolute atomic E-state index is 12.9. The summed E-state index contributed by atoms with van der Waals surface area (Å²) in [6, 6.07) is 8.13. The molecule has 2 aliphatic heterocycles. The average molecular weight is 375 g/mol. The van der Waals surface area contributed by atoms with Gasteiger partial charge in [-0.3, -0.25) is 14.5 Å². The number of carboxylic acid groups (broad SMARTS) is 1. The molecule has 4 rings (SSSR count). The van der Waals surface area contributed by atoms with E-state index in [9.17, 15) is 14.7 Å². The van der Waals surface area contributed by atoms with Crippen molar-refractivity contribution in [2.75, 3.05) is 32.4 Å². The number of hydrogen-bond acceptors (Lipinski definition) is 4. The molecule has 0 aromatic heterocycles. The van der Waals surface area contributed by atoms with Gasteiger partial charge < -0.3 is 10.0 Å². The first-order valence-electron chi connectivity index (χ1n) is 9.44. The molecule has 5 nitrogen and oxygen atoms in total. The van der Waals surface area contributed by atoms with Gasteiger partial charge in [0.05, 0.1) is 0 Å². The van der Waals surface area contributed by atoms with Gasteiger partial charge in [-0.05, 0) is 43.4 Å². The van der Waals surface area contributed by atoms with Crippen LogP contribution in [0.15, 0.2) is 29.2 Å². The lowest BCUT2D eigenvalue weighted by molar-refractivity contribution is -0.148. The number of thioether (sulfide) groups is 1. The number of amides is 1. The minimum absolute atomic E-state index is 0.0371. The fourth-order valence-electron chi connectivity index (χ4n) is 5.02. The van der Waals surface area contributed by atoms with Gasteiger partial charge in [0.1, 0.15) is 5.41 Å². The zero-order valence-electron chi connectivity index (χ0n) is 15.2. The van der Waals surface area contributed by atoms with Crippen LogP contribution in [0.3, 0.4) is 0 Å². The van der Waals surface area contributed by atoms with Gasteiger partial charge in [-0.25, -0.2) is 0 Å². The molecule has 2 saturated heterocycles. The first-order valence-corrected chi connectivity index (χ1v) is 10.7. The highest BCUT2D eigenvalue weighted by Crippen LogP contribution is 2.45. The van der Waals surface area contributed by atoms with Crippen LogP contribution in [0.25, 0.3) is 0 Å². The van der Waals surface area contributed by atoms with Crippen LogP contribution in [-0.2, 0) is 4.79 Å². The Balaban J connectivity index is 1.50. The van der Waals surface area contributed by atoms with Crippen LogP contribution in [-0.4, -0.2) is 65.3 Å². The monoisotopic (exact) mass is 374 g/mol. The van der Waals surface area contributed by atoms with Crippen LogP contribution < -0.4 is 0 Å². The third-order valence-corrected chi connectivity index (χ3v) is 7.27. The fourth-order valence-corrected chi connectivity index (χ4v) is 5.43. The number of fused-ring (bicyclic) bond motifs is 1. The normalized spacial score (nSPS) is 29.3. The van der Waals surface area contributed by atoms with Crippen LogP contribution in [0.5, 0.6) is 0 Å². The summed E-state index contributed by atoms with van der Waals surface area (Å²) >= 11 is 1.64. The van der Waals surface area contributed by atoms with E-state index in [4.69, 9.17) is 0 Å². The highest BCUT2D eigenvalue weighted by molar-refractivity contribution is 7.98. The lowest BCUT2D eigenvalue weighted by Crippen LogP contribution is -2.43. The molecule has 26 heavy (non-hydrogen) atoms. The second kappa shape index (κ2) is 6.89. The van der Waals surface area contributed by atoms with Crippen molar-refractivity contribution in [2.45, 2.75) is 36.6 Å². The molecule has 2 unspecified atom stereocenters. The molecule has 0 radical (unpaired) electrons. The topological polar surface area (TPSA) is 60.9 Å². The lowest BCUT2D eigenvalue weighted by atomic mass is 9.81. The molecular formula is C20H26N2O3S. The maximum Gasteiger partial charge on any atom is 0.313 e. The van der Waals surface area contributed by atoms with E-state index >= 15 is 0 Å².